The maximum absolute atomic E-state index is 13.2. The predicted octanol–water partition coefficient (Wildman–Crippen LogP) is 3.09. The number of esters is 1. The largest absolute Gasteiger partial charge is 0.454 e. The number of morpholine rings is 1. The Hall–Kier alpha value is -2.67. The molecule has 0 radical (unpaired) electrons. The minimum absolute atomic E-state index is 0.0345. The lowest BCUT2D eigenvalue weighted by Gasteiger charge is -2.32. The van der Waals surface area contributed by atoms with Crippen molar-refractivity contribution in [2.45, 2.75) is 45.1 Å². The second kappa shape index (κ2) is 8.60. The first-order valence-electron chi connectivity index (χ1n) is 10.7. The van der Waals surface area contributed by atoms with Crippen LogP contribution in [0.1, 0.15) is 49.4 Å². The first-order valence-corrected chi connectivity index (χ1v) is 10.7. The van der Waals surface area contributed by atoms with Gasteiger partial charge in [0.25, 0.3) is 0 Å². The summed E-state index contributed by atoms with van der Waals surface area (Å²) in [5.74, 6) is -0.705. The fourth-order valence-electron chi connectivity index (χ4n) is 4.55. The molecule has 2 aromatic rings. The Labute approximate surface area is 175 Å². The Kier molecular flexibility index (Phi) is 5.90. The van der Waals surface area contributed by atoms with E-state index >= 15 is 0 Å². The van der Waals surface area contributed by atoms with Crippen molar-refractivity contribution in [3.63, 3.8) is 0 Å². The third kappa shape index (κ3) is 3.99. The van der Waals surface area contributed by atoms with E-state index in [-0.39, 0.29) is 18.1 Å². The van der Waals surface area contributed by atoms with E-state index in [9.17, 15) is 14.4 Å². The number of nitrogens with one attached hydrogen (secondary N) is 1. The Bertz CT molecular complexity index is 938. The molecule has 0 bridgehead atoms. The molecule has 30 heavy (non-hydrogen) atoms. The van der Waals surface area contributed by atoms with Gasteiger partial charge >= 0.3 is 5.97 Å². The monoisotopic (exact) mass is 412 g/mol. The molecule has 0 spiro atoms. The van der Waals surface area contributed by atoms with Crippen LogP contribution >= 0.6 is 0 Å². The van der Waals surface area contributed by atoms with Crippen molar-refractivity contribution in [3.8, 4) is 0 Å². The van der Waals surface area contributed by atoms with Crippen molar-refractivity contribution in [2.24, 2.45) is 5.41 Å². The molecule has 2 heterocycles. The number of hydrogen-bond donors (Lipinski definition) is 1. The molecule has 0 unspecified atom stereocenters. The van der Waals surface area contributed by atoms with Crippen LogP contribution in [0.4, 0.5) is 0 Å². The molecule has 2 fully saturated rings. The van der Waals surface area contributed by atoms with E-state index in [0.29, 0.717) is 44.7 Å². The molecule has 1 saturated heterocycles. The van der Waals surface area contributed by atoms with Crippen molar-refractivity contribution in [1.29, 1.82) is 0 Å². The maximum atomic E-state index is 13.2. The minimum atomic E-state index is -0.910. The van der Waals surface area contributed by atoms with E-state index in [2.05, 4.69) is 4.98 Å². The van der Waals surface area contributed by atoms with Gasteiger partial charge in [-0.3, -0.25) is 14.4 Å². The van der Waals surface area contributed by atoms with E-state index < -0.39 is 17.5 Å². The van der Waals surface area contributed by atoms with Gasteiger partial charge in [0, 0.05) is 42.2 Å². The lowest BCUT2D eigenvalue weighted by Crippen LogP contribution is -2.45. The number of hydrogen-bond acceptors (Lipinski definition) is 5. The van der Waals surface area contributed by atoms with Crippen molar-refractivity contribution >= 4 is 28.6 Å². The highest BCUT2D eigenvalue weighted by atomic mass is 16.5. The number of para-hydroxylation sites is 1. The lowest BCUT2D eigenvalue weighted by molar-refractivity contribution is -0.162. The van der Waals surface area contributed by atoms with Gasteiger partial charge in [0.05, 0.1) is 18.6 Å². The molecule has 1 aliphatic carbocycles. The molecule has 2 aliphatic rings. The number of aromatic amines is 1. The summed E-state index contributed by atoms with van der Waals surface area (Å²) in [5.41, 5.74) is 0.544. The number of ketones is 1. The molecule has 1 atom stereocenters. The van der Waals surface area contributed by atoms with Gasteiger partial charge in [-0.2, -0.15) is 0 Å². The number of carbonyl (C=O) groups is 3. The number of H-pyrrole nitrogens is 1. The average Bonchev–Trinajstić information content (AvgIpc) is 3.41. The molecule has 1 aliphatic heterocycles. The van der Waals surface area contributed by atoms with E-state index in [1.54, 1.807) is 18.0 Å². The summed E-state index contributed by atoms with van der Waals surface area (Å²) >= 11 is 0. The Balaban J connectivity index is 1.46. The molecular weight excluding hydrogens is 384 g/mol. The van der Waals surface area contributed by atoms with Gasteiger partial charge < -0.3 is 19.4 Å². The normalized spacial score (nSPS) is 19.6. The van der Waals surface area contributed by atoms with Crippen LogP contribution in [0.3, 0.4) is 0 Å². The van der Waals surface area contributed by atoms with E-state index in [1.165, 1.54) is 0 Å². The number of Topliss-reactive ketones (excluding diaryl/α,β-unsaturated/α-hetero) is 1. The van der Waals surface area contributed by atoms with E-state index in [4.69, 9.17) is 9.47 Å². The van der Waals surface area contributed by atoms with Crippen molar-refractivity contribution in [3.05, 3.63) is 36.0 Å². The van der Waals surface area contributed by atoms with Crippen LogP contribution in [0.25, 0.3) is 10.9 Å². The van der Waals surface area contributed by atoms with Gasteiger partial charge in [0.15, 0.2) is 6.10 Å². The fourth-order valence-corrected chi connectivity index (χ4v) is 4.55. The smallest absolute Gasteiger partial charge is 0.313 e. The molecule has 1 amide bonds. The Morgan fingerprint density at radius 3 is 2.60 bits per heavy atom. The first-order chi connectivity index (χ1) is 14.5. The summed E-state index contributed by atoms with van der Waals surface area (Å²) in [6.45, 7) is 3.77. The minimum Gasteiger partial charge on any atom is -0.454 e. The number of amides is 1. The summed E-state index contributed by atoms with van der Waals surface area (Å²) in [6, 6.07) is 7.53. The average molecular weight is 412 g/mol. The van der Waals surface area contributed by atoms with Crippen LogP contribution in [-0.4, -0.2) is 60.0 Å². The highest BCUT2D eigenvalue weighted by Crippen LogP contribution is 2.43. The molecule has 1 N–H and O–H groups in total. The van der Waals surface area contributed by atoms with Crippen LogP contribution in [0.5, 0.6) is 0 Å². The Morgan fingerprint density at radius 2 is 1.87 bits per heavy atom. The van der Waals surface area contributed by atoms with Crippen LogP contribution in [0.2, 0.25) is 0 Å². The van der Waals surface area contributed by atoms with Gasteiger partial charge in [0.1, 0.15) is 0 Å². The fraction of sp³-hybridized carbons (Fsp3) is 0.522. The number of rotatable bonds is 6. The SMILES string of the molecule is C[C@@H](OC(=O)C1(CC(=O)N2CCOCC2)CCCC1)C(=O)c1c[nH]c2ccccc12. The van der Waals surface area contributed by atoms with Crippen LogP contribution in [0.15, 0.2) is 30.5 Å². The number of aromatic nitrogens is 1. The summed E-state index contributed by atoms with van der Waals surface area (Å²) in [4.78, 5) is 43.8. The number of nitrogens with zero attached hydrogens (tertiary/aromatic N) is 1. The number of benzene rings is 1. The van der Waals surface area contributed by atoms with Crippen LogP contribution in [0, 0.1) is 5.41 Å². The molecule has 1 aromatic carbocycles. The predicted molar refractivity (Wildman–Crippen MR) is 111 cm³/mol. The molecule has 1 aromatic heterocycles. The van der Waals surface area contributed by atoms with Gasteiger partial charge in [-0.05, 0) is 25.8 Å². The third-order valence-electron chi connectivity index (χ3n) is 6.35. The molecular formula is C23H28N2O5. The summed E-state index contributed by atoms with van der Waals surface area (Å²) in [7, 11) is 0. The second-order valence-electron chi connectivity index (χ2n) is 8.32. The lowest BCUT2D eigenvalue weighted by atomic mass is 9.82. The topological polar surface area (TPSA) is 88.7 Å². The van der Waals surface area contributed by atoms with E-state index in [1.807, 2.05) is 24.3 Å². The molecule has 7 heteroatoms. The van der Waals surface area contributed by atoms with Crippen molar-refractivity contribution < 1.29 is 23.9 Å². The zero-order chi connectivity index (χ0) is 21.1. The van der Waals surface area contributed by atoms with Gasteiger partial charge in [-0.15, -0.1) is 0 Å². The Morgan fingerprint density at radius 1 is 1.17 bits per heavy atom. The van der Waals surface area contributed by atoms with Crippen molar-refractivity contribution in [1.82, 2.24) is 9.88 Å². The third-order valence-corrected chi connectivity index (χ3v) is 6.35. The summed E-state index contributed by atoms with van der Waals surface area (Å²) in [5, 5.41) is 0.809. The molecule has 160 valence electrons. The zero-order valence-corrected chi connectivity index (χ0v) is 17.3. The maximum Gasteiger partial charge on any atom is 0.313 e. The van der Waals surface area contributed by atoms with Gasteiger partial charge in [-0.1, -0.05) is 31.0 Å². The molecule has 7 nitrogen and oxygen atoms in total. The number of ether oxygens (including phenoxy) is 2. The van der Waals surface area contributed by atoms with Gasteiger partial charge in [0.2, 0.25) is 11.7 Å². The molecule has 1 saturated carbocycles. The molecule has 4 rings (SSSR count). The first kappa shape index (κ1) is 20.6. The number of carbonyl (C=O) groups excluding carboxylic acids is 3. The highest BCUT2D eigenvalue weighted by Gasteiger charge is 2.46. The van der Waals surface area contributed by atoms with Gasteiger partial charge in [-0.25, -0.2) is 0 Å². The second-order valence-corrected chi connectivity index (χ2v) is 8.32. The quantitative estimate of drug-likeness (QED) is 0.582. The summed E-state index contributed by atoms with van der Waals surface area (Å²) < 4.78 is 11.0. The van der Waals surface area contributed by atoms with Crippen LogP contribution < -0.4 is 0 Å². The van der Waals surface area contributed by atoms with Crippen molar-refractivity contribution in [2.75, 3.05) is 26.3 Å². The van der Waals surface area contributed by atoms with E-state index in [0.717, 1.165) is 23.7 Å². The highest BCUT2D eigenvalue weighted by molar-refractivity contribution is 6.10. The zero-order valence-electron chi connectivity index (χ0n) is 17.3. The number of fused-ring (bicyclic) bond motifs is 1. The standard InChI is InChI=1S/C23H28N2O5/c1-16(21(27)18-15-24-19-7-3-2-6-17(18)19)30-22(28)23(8-4-5-9-23)14-20(26)25-10-12-29-13-11-25/h2-3,6-7,15-16,24H,4-5,8-14H2,1H3/t16-/m1/s1. The summed E-state index contributed by atoms with van der Waals surface area (Å²) in [6.07, 6.45) is 3.90. The van der Waals surface area contributed by atoms with Crippen LogP contribution in [-0.2, 0) is 19.1 Å².